The molecule has 2 aromatic carbocycles. The molecule has 0 N–H and O–H groups in total. The summed E-state index contributed by atoms with van der Waals surface area (Å²) >= 11 is 1.27. The topological polar surface area (TPSA) is 92.4 Å². The summed E-state index contributed by atoms with van der Waals surface area (Å²) in [5.74, 6) is 0.352. The average Bonchev–Trinajstić information content (AvgIpc) is 3.47. The molecule has 8 nitrogen and oxygen atoms in total. The van der Waals surface area contributed by atoms with Crippen LogP contribution >= 0.6 is 11.8 Å². The second-order valence-corrected chi connectivity index (χ2v) is 8.91. The maximum Gasteiger partial charge on any atom is 0.289 e. The molecule has 4 aromatic rings. The third kappa shape index (κ3) is 5.25. The number of thioether (sulfide) groups is 1. The van der Waals surface area contributed by atoms with Gasteiger partial charge in [-0.1, -0.05) is 72.4 Å². The van der Waals surface area contributed by atoms with Crippen molar-refractivity contribution in [2.45, 2.75) is 5.16 Å². The SMILES string of the molecule is O=C(CSc1nnc(-c2ccccc2)c(-c2ccccc2)n1)N1CCN(C(=O)c2ccco2)CC1. The fourth-order valence-electron chi connectivity index (χ4n) is 3.89. The molecule has 2 aromatic heterocycles. The highest BCUT2D eigenvalue weighted by atomic mass is 32.2. The van der Waals surface area contributed by atoms with Crippen LogP contribution < -0.4 is 0 Å². The van der Waals surface area contributed by atoms with Gasteiger partial charge in [-0.05, 0) is 12.1 Å². The standard InChI is InChI=1S/C26H23N5O3S/c32-22(30-13-15-31(16-14-30)25(33)21-12-7-17-34-21)18-35-26-27-23(19-8-3-1-4-9-19)24(28-29-26)20-10-5-2-6-11-20/h1-12,17H,13-16,18H2. The fourth-order valence-corrected chi connectivity index (χ4v) is 4.58. The van der Waals surface area contributed by atoms with Gasteiger partial charge < -0.3 is 14.2 Å². The van der Waals surface area contributed by atoms with E-state index in [4.69, 9.17) is 9.40 Å². The van der Waals surface area contributed by atoms with E-state index in [0.29, 0.717) is 42.8 Å². The van der Waals surface area contributed by atoms with Gasteiger partial charge in [0.05, 0.1) is 12.0 Å². The minimum absolute atomic E-state index is 0.0166. The lowest BCUT2D eigenvalue weighted by Crippen LogP contribution is -2.51. The Morgan fingerprint density at radius 2 is 1.40 bits per heavy atom. The molecule has 0 bridgehead atoms. The van der Waals surface area contributed by atoms with Gasteiger partial charge in [-0.2, -0.15) is 0 Å². The number of carbonyl (C=O) groups excluding carboxylic acids is 2. The maximum absolute atomic E-state index is 12.8. The lowest BCUT2D eigenvalue weighted by atomic mass is 10.0. The molecule has 1 aliphatic heterocycles. The van der Waals surface area contributed by atoms with Gasteiger partial charge in [0.25, 0.3) is 5.91 Å². The molecular weight excluding hydrogens is 462 g/mol. The third-order valence-electron chi connectivity index (χ3n) is 5.74. The van der Waals surface area contributed by atoms with E-state index in [0.717, 1.165) is 16.8 Å². The minimum Gasteiger partial charge on any atom is -0.459 e. The second-order valence-electron chi connectivity index (χ2n) is 7.96. The molecule has 0 atom stereocenters. The smallest absolute Gasteiger partial charge is 0.289 e. The largest absolute Gasteiger partial charge is 0.459 e. The number of nitrogens with zero attached hydrogens (tertiary/aromatic N) is 5. The summed E-state index contributed by atoms with van der Waals surface area (Å²) in [6.07, 6.45) is 1.48. The minimum atomic E-state index is -0.150. The lowest BCUT2D eigenvalue weighted by molar-refractivity contribution is -0.129. The first kappa shape index (κ1) is 22.8. The highest BCUT2D eigenvalue weighted by molar-refractivity contribution is 7.99. The molecule has 1 aliphatic rings. The zero-order valence-corrected chi connectivity index (χ0v) is 19.7. The summed E-state index contributed by atoms with van der Waals surface area (Å²) in [6.45, 7) is 1.90. The van der Waals surface area contributed by atoms with Crippen LogP contribution in [0.2, 0.25) is 0 Å². The zero-order valence-electron chi connectivity index (χ0n) is 18.9. The normalized spacial score (nSPS) is 13.6. The molecule has 1 saturated heterocycles. The predicted octanol–water partition coefficient (Wildman–Crippen LogP) is 3.88. The van der Waals surface area contributed by atoms with E-state index in [1.54, 1.807) is 21.9 Å². The predicted molar refractivity (Wildman–Crippen MR) is 133 cm³/mol. The van der Waals surface area contributed by atoms with Crippen LogP contribution in [-0.2, 0) is 4.79 Å². The van der Waals surface area contributed by atoms with Gasteiger partial charge >= 0.3 is 0 Å². The molecule has 5 rings (SSSR count). The van der Waals surface area contributed by atoms with Gasteiger partial charge in [-0.15, -0.1) is 10.2 Å². The Bertz CT molecular complexity index is 1290. The number of amides is 2. The van der Waals surface area contributed by atoms with E-state index >= 15 is 0 Å². The van der Waals surface area contributed by atoms with Crippen molar-refractivity contribution >= 4 is 23.6 Å². The first-order chi connectivity index (χ1) is 17.2. The summed E-state index contributed by atoms with van der Waals surface area (Å²) in [5.41, 5.74) is 3.30. The van der Waals surface area contributed by atoms with E-state index in [9.17, 15) is 9.59 Å². The molecular formula is C26H23N5O3S. The molecule has 0 saturated carbocycles. The fraction of sp³-hybridized carbons (Fsp3) is 0.192. The lowest BCUT2D eigenvalue weighted by Gasteiger charge is -2.34. The first-order valence-electron chi connectivity index (χ1n) is 11.3. The van der Waals surface area contributed by atoms with Gasteiger partial charge in [0.2, 0.25) is 11.1 Å². The van der Waals surface area contributed by atoms with E-state index in [1.165, 1.54) is 18.0 Å². The van der Waals surface area contributed by atoms with Gasteiger partial charge in [0.1, 0.15) is 11.4 Å². The number of piperazine rings is 1. The summed E-state index contributed by atoms with van der Waals surface area (Å²) in [4.78, 5) is 33.5. The van der Waals surface area contributed by atoms with Crippen LogP contribution in [0, 0.1) is 0 Å². The second kappa shape index (κ2) is 10.5. The van der Waals surface area contributed by atoms with E-state index < -0.39 is 0 Å². The number of furan rings is 1. The Morgan fingerprint density at radius 1 is 0.771 bits per heavy atom. The maximum atomic E-state index is 12.8. The summed E-state index contributed by atoms with van der Waals surface area (Å²) in [7, 11) is 0. The van der Waals surface area contributed by atoms with E-state index in [-0.39, 0.29) is 17.6 Å². The molecule has 9 heteroatoms. The van der Waals surface area contributed by atoms with Crippen molar-refractivity contribution in [2.24, 2.45) is 0 Å². The molecule has 3 heterocycles. The molecule has 35 heavy (non-hydrogen) atoms. The molecule has 0 aliphatic carbocycles. The zero-order chi connectivity index (χ0) is 24.0. The molecule has 1 fully saturated rings. The number of carbonyl (C=O) groups is 2. The van der Waals surface area contributed by atoms with Crippen LogP contribution in [0.3, 0.4) is 0 Å². The Balaban J connectivity index is 1.24. The molecule has 2 amide bonds. The number of hydrogen-bond acceptors (Lipinski definition) is 7. The van der Waals surface area contributed by atoms with Crippen molar-refractivity contribution in [1.29, 1.82) is 0 Å². The van der Waals surface area contributed by atoms with Crippen LogP contribution in [0.15, 0.2) is 88.6 Å². The monoisotopic (exact) mass is 485 g/mol. The number of benzene rings is 2. The van der Waals surface area contributed by atoms with Crippen molar-refractivity contribution in [3.63, 3.8) is 0 Å². The Hall–Kier alpha value is -3.98. The van der Waals surface area contributed by atoms with Gasteiger partial charge in [-0.25, -0.2) is 4.98 Å². The number of hydrogen-bond donors (Lipinski definition) is 0. The van der Waals surface area contributed by atoms with Crippen molar-refractivity contribution in [3.05, 3.63) is 84.8 Å². The van der Waals surface area contributed by atoms with Crippen LogP contribution in [0.4, 0.5) is 0 Å². The quantitative estimate of drug-likeness (QED) is 0.383. The van der Waals surface area contributed by atoms with Crippen LogP contribution in [0.5, 0.6) is 0 Å². The van der Waals surface area contributed by atoms with E-state index in [2.05, 4.69) is 10.2 Å². The Morgan fingerprint density at radius 3 is 2.03 bits per heavy atom. The van der Waals surface area contributed by atoms with E-state index in [1.807, 2.05) is 60.7 Å². The molecule has 176 valence electrons. The number of aromatic nitrogens is 3. The molecule has 0 unspecified atom stereocenters. The Kier molecular flexibility index (Phi) is 6.85. The summed E-state index contributed by atoms with van der Waals surface area (Å²) in [5, 5.41) is 9.20. The Labute approximate surface area is 207 Å². The van der Waals surface area contributed by atoms with Crippen molar-refractivity contribution in [1.82, 2.24) is 25.0 Å². The highest BCUT2D eigenvalue weighted by Crippen LogP contribution is 2.29. The van der Waals surface area contributed by atoms with Crippen molar-refractivity contribution in [2.75, 3.05) is 31.9 Å². The number of rotatable bonds is 6. The highest BCUT2D eigenvalue weighted by Gasteiger charge is 2.26. The van der Waals surface area contributed by atoms with Gasteiger partial charge in [0, 0.05) is 37.3 Å². The molecule has 0 radical (unpaired) electrons. The molecule has 0 spiro atoms. The summed E-state index contributed by atoms with van der Waals surface area (Å²) < 4.78 is 5.19. The average molecular weight is 486 g/mol. The summed E-state index contributed by atoms with van der Waals surface area (Å²) in [6, 6.07) is 23.0. The van der Waals surface area contributed by atoms with Crippen LogP contribution in [0.25, 0.3) is 22.5 Å². The van der Waals surface area contributed by atoms with Crippen LogP contribution in [-0.4, -0.2) is 68.7 Å². The van der Waals surface area contributed by atoms with Gasteiger partial charge in [0.15, 0.2) is 5.76 Å². The van der Waals surface area contributed by atoms with Crippen molar-refractivity contribution in [3.8, 4) is 22.5 Å². The van der Waals surface area contributed by atoms with Crippen molar-refractivity contribution < 1.29 is 14.0 Å². The van der Waals surface area contributed by atoms with Gasteiger partial charge in [-0.3, -0.25) is 9.59 Å². The first-order valence-corrected chi connectivity index (χ1v) is 12.3. The third-order valence-corrected chi connectivity index (χ3v) is 6.56. The van der Waals surface area contributed by atoms with Crippen LogP contribution in [0.1, 0.15) is 10.6 Å².